The number of ether oxygens (including phenoxy) is 1. The van der Waals surface area contributed by atoms with Crippen LogP contribution in [0.5, 0.6) is 11.5 Å². The van der Waals surface area contributed by atoms with E-state index in [1.54, 1.807) is 36.4 Å². The van der Waals surface area contributed by atoms with Gasteiger partial charge in [0.1, 0.15) is 11.5 Å². The number of hydrogen-bond acceptors (Lipinski definition) is 2. The van der Waals surface area contributed by atoms with Crippen LogP contribution in [0.3, 0.4) is 0 Å². The SMILES string of the molecule is O=C(O)/C=C/c1ccc(Oc2ccc(Cl)c(Cl)c2)cc1Br. The first-order valence-corrected chi connectivity index (χ1v) is 7.34. The lowest BCUT2D eigenvalue weighted by molar-refractivity contribution is -0.131. The van der Waals surface area contributed by atoms with Crippen molar-refractivity contribution in [3.05, 3.63) is 62.6 Å². The van der Waals surface area contributed by atoms with E-state index < -0.39 is 5.97 Å². The van der Waals surface area contributed by atoms with Gasteiger partial charge in [-0.05, 0) is 35.9 Å². The van der Waals surface area contributed by atoms with E-state index in [1.165, 1.54) is 6.08 Å². The van der Waals surface area contributed by atoms with Crippen LogP contribution in [0.2, 0.25) is 10.0 Å². The molecule has 0 amide bonds. The molecule has 21 heavy (non-hydrogen) atoms. The lowest BCUT2D eigenvalue weighted by Crippen LogP contribution is -1.88. The topological polar surface area (TPSA) is 46.5 Å². The Bertz CT molecular complexity index is 714. The van der Waals surface area contributed by atoms with Crippen molar-refractivity contribution in [2.75, 3.05) is 0 Å². The fourth-order valence-electron chi connectivity index (χ4n) is 1.54. The van der Waals surface area contributed by atoms with Gasteiger partial charge in [0.15, 0.2) is 0 Å². The summed E-state index contributed by atoms with van der Waals surface area (Å²) in [5.74, 6) is 0.149. The predicted octanol–water partition coefficient (Wildman–Crippen LogP) is 5.65. The van der Waals surface area contributed by atoms with Gasteiger partial charge >= 0.3 is 5.97 Å². The molecule has 0 aromatic heterocycles. The molecule has 108 valence electrons. The van der Waals surface area contributed by atoms with E-state index in [0.29, 0.717) is 21.5 Å². The second kappa shape index (κ2) is 6.98. The number of rotatable bonds is 4. The molecule has 6 heteroatoms. The first kappa shape index (κ1) is 15.9. The number of aliphatic carboxylic acids is 1. The molecule has 1 N–H and O–H groups in total. The average Bonchev–Trinajstić information content (AvgIpc) is 2.42. The second-order valence-corrected chi connectivity index (χ2v) is 5.70. The van der Waals surface area contributed by atoms with Gasteiger partial charge in [0.25, 0.3) is 0 Å². The summed E-state index contributed by atoms with van der Waals surface area (Å²) < 4.78 is 6.38. The highest BCUT2D eigenvalue weighted by Crippen LogP contribution is 2.31. The van der Waals surface area contributed by atoms with Crippen molar-refractivity contribution in [1.82, 2.24) is 0 Å². The van der Waals surface area contributed by atoms with E-state index in [4.69, 9.17) is 33.0 Å². The summed E-state index contributed by atoms with van der Waals surface area (Å²) in [6.45, 7) is 0. The van der Waals surface area contributed by atoms with Gasteiger partial charge in [0, 0.05) is 16.6 Å². The molecule has 0 aliphatic heterocycles. The monoisotopic (exact) mass is 386 g/mol. The Balaban J connectivity index is 2.20. The minimum absolute atomic E-state index is 0.411. The van der Waals surface area contributed by atoms with Gasteiger partial charge < -0.3 is 9.84 Å². The minimum Gasteiger partial charge on any atom is -0.478 e. The molecular weight excluding hydrogens is 379 g/mol. The number of halogens is 3. The standard InChI is InChI=1S/C15H9BrCl2O3/c16-12-7-10(3-1-9(12)2-6-15(19)20)21-11-4-5-13(17)14(18)8-11/h1-8H,(H,19,20)/b6-2+. The Morgan fingerprint density at radius 3 is 2.38 bits per heavy atom. The summed E-state index contributed by atoms with van der Waals surface area (Å²) in [5.41, 5.74) is 0.735. The van der Waals surface area contributed by atoms with Crippen LogP contribution in [0.25, 0.3) is 6.08 Å². The highest BCUT2D eigenvalue weighted by atomic mass is 79.9. The first-order chi connectivity index (χ1) is 9.95. The molecule has 0 saturated heterocycles. The molecule has 2 aromatic carbocycles. The maximum absolute atomic E-state index is 10.5. The van der Waals surface area contributed by atoms with E-state index in [2.05, 4.69) is 15.9 Å². The van der Waals surface area contributed by atoms with Crippen LogP contribution >= 0.6 is 39.1 Å². The van der Waals surface area contributed by atoms with Crippen LogP contribution in [0, 0.1) is 0 Å². The van der Waals surface area contributed by atoms with Gasteiger partial charge in [-0.15, -0.1) is 0 Å². The molecule has 2 aromatic rings. The van der Waals surface area contributed by atoms with Gasteiger partial charge in [-0.2, -0.15) is 0 Å². The molecule has 0 aliphatic carbocycles. The summed E-state index contributed by atoms with van der Waals surface area (Å²) in [6, 6.07) is 10.2. The van der Waals surface area contributed by atoms with Gasteiger partial charge in [-0.1, -0.05) is 45.2 Å². The van der Waals surface area contributed by atoms with Crippen molar-refractivity contribution in [3.63, 3.8) is 0 Å². The minimum atomic E-state index is -1.00. The van der Waals surface area contributed by atoms with E-state index in [9.17, 15) is 4.79 Å². The summed E-state index contributed by atoms with van der Waals surface area (Å²) in [7, 11) is 0. The molecule has 2 rings (SSSR count). The normalized spacial score (nSPS) is 10.8. The Labute approximate surface area is 139 Å². The average molecular weight is 388 g/mol. The third kappa shape index (κ3) is 4.49. The van der Waals surface area contributed by atoms with Crippen molar-refractivity contribution in [2.24, 2.45) is 0 Å². The summed E-state index contributed by atoms with van der Waals surface area (Å²) in [4.78, 5) is 10.5. The predicted molar refractivity (Wildman–Crippen MR) is 87.3 cm³/mol. The lowest BCUT2D eigenvalue weighted by Gasteiger charge is -2.08. The Hall–Kier alpha value is -1.49. The third-order valence-corrected chi connectivity index (χ3v) is 3.93. The Morgan fingerprint density at radius 1 is 1.10 bits per heavy atom. The number of benzene rings is 2. The highest BCUT2D eigenvalue weighted by Gasteiger charge is 2.04. The van der Waals surface area contributed by atoms with Crippen molar-refractivity contribution in [1.29, 1.82) is 0 Å². The van der Waals surface area contributed by atoms with E-state index in [1.807, 2.05) is 0 Å². The first-order valence-electron chi connectivity index (χ1n) is 5.79. The zero-order valence-electron chi connectivity index (χ0n) is 10.5. The molecule has 0 aliphatic rings. The molecule has 0 radical (unpaired) electrons. The van der Waals surface area contributed by atoms with Crippen LogP contribution in [0.15, 0.2) is 46.9 Å². The maximum Gasteiger partial charge on any atom is 0.328 e. The van der Waals surface area contributed by atoms with Crippen molar-refractivity contribution < 1.29 is 14.6 Å². The van der Waals surface area contributed by atoms with Crippen LogP contribution in [0.1, 0.15) is 5.56 Å². The summed E-state index contributed by atoms with van der Waals surface area (Å²) in [5, 5.41) is 9.48. The molecule has 0 saturated carbocycles. The third-order valence-electron chi connectivity index (χ3n) is 2.50. The van der Waals surface area contributed by atoms with Crippen molar-refractivity contribution >= 4 is 51.2 Å². The zero-order valence-corrected chi connectivity index (χ0v) is 13.6. The molecule has 0 atom stereocenters. The van der Waals surface area contributed by atoms with Crippen LogP contribution in [0.4, 0.5) is 0 Å². The number of carboxylic acids is 1. The molecular formula is C15H9BrCl2O3. The molecule has 0 heterocycles. The number of carbonyl (C=O) groups is 1. The van der Waals surface area contributed by atoms with Crippen molar-refractivity contribution in [2.45, 2.75) is 0 Å². The smallest absolute Gasteiger partial charge is 0.328 e. The van der Waals surface area contributed by atoms with E-state index >= 15 is 0 Å². The molecule has 3 nitrogen and oxygen atoms in total. The fourth-order valence-corrected chi connectivity index (χ4v) is 2.32. The van der Waals surface area contributed by atoms with Gasteiger partial charge in [0.05, 0.1) is 10.0 Å². The largest absolute Gasteiger partial charge is 0.478 e. The highest BCUT2D eigenvalue weighted by molar-refractivity contribution is 9.10. The van der Waals surface area contributed by atoms with Gasteiger partial charge in [-0.3, -0.25) is 0 Å². The van der Waals surface area contributed by atoms with Crippen molar-refractivity contribution in [3.8, 4) is 11.5 Å². The number of carboxylic acid groups (broad SMARTS) is 1. The number of hydrogen-bond donors (Lipinski definition) is 1. The molecule has 0 unspecified atom stereocenters. The van der Waals surface area contributed by atoms with Crippen LogP contribution in [-0.2, 0) is 4.79 Å². The molecule has 0 fully saturated rings. The summed E-state index contributed by atoms with van der Waals surface area (Å²) >= 11 is 15.1. The lowest BCUT2D eigenvalue weighted by atomic mass is 10.2. The summed E-state index contributed by atoms with van der Waals surface area (Å²) in [6.07, 6.45) is 2.56. The molecule has 0 spiro atoms. The van der Waals surface area contributed by atoms with Crippen LogP contribution in [-0.4, -0.2) is 11.1 Å². The second-order valence-electron chi connectivity index (χ2n) is 4.03. The van der Waals surface area contributed by atoms with E-state index in [-0.39, 0.29) is 0 Å². The zero-order chi connectivity index (χ0) is 15.4. The van der Waals surface area contributed by atoms with Gasteiger partial charge in [-0.25, -0.2) is 4.79 Å². The Morgan fingerprint density at radius 2 is 1.76 bits per heavy atom. The van der Waals surface area contributed by atoms with Gasteiger partial charge in [0.2, 0.25) is 0 Å². The maximum atomic E-state index is 10.5. The fraction of sp³-hybridized carbons (Fsp3) is 0. The quantitative estimate of drug-likeness (QED) is 0.690. The van der Waals surface area contributed by atoms with Crippen LogP contribution < -0.4 is 4.74 Å². The Kier molecular flexibility index (Phi) is 5.28. The molecule has 0 bridgehead atoms. The van der Waals surface area contributed by atoms with E-state index in [0.717, 1.165) is 16.1 Å².